The number of ether oxygens (including phenoxy) is 1. The number of benzene rings is 7. The van der Waals surface area contributed by atoms with E-state index >= 15 is 0 Å². The van der Waals surface area contributed by atoms with Crippen LogP contribution in [0.1, 0.15) is 67.1 Å². The molecule has 8 aromatic rings. The van der Waals surface area contributed by atoms with E-state index in [0.717, 1.165) is 92.6 Å². The van der Waals surface area contributed by atoms with E-state index in [1.165, 1.54) is 47.1 Å². The number of aromatic nitrogens is 3. The van der Waals surface area contributed by atoms with Crippen LogP contribution < -0.4 is 4.74 Å². The molecule has 3 aliphatic carbocycles. The summed E-state index contributed by atoms with van der Waals surface area (Å²) in [6.45, 7) is 2.41. The lowest BCUT2D eigenvalue weighted by atomic mass is 9.66. The predicted molar refractivity (Wildman–Crippen MR) is 236 cm³/mol. The van der Waals surface area contributed by atoms with Gasteiger partial charge in [0.1, 0.15) is 17.3 Å². The first kappa shape index (κ1) is 34.4. The van der Waals surface area contributed by atoms with E-state index in [1.807, 2.05) is 0 Å². The molecule has 4 aliphatic rings. The van der Waals surface area contributed by atoms with Crippen molar-refractivity contribution in [3.8, 4) is 67.7 Å². The summed E-state index contributed by atoms with van der Waals surface area (Å²) in [6, 6.07) is 61.0. The second-order valence-electron chi connectivity index (χ2n) is 17.5. The Morgan fingerprint density at radius 3 is 1.76 bits per heavy atom. The molecule has 0 amide bonds. The summed E-state index contributed by atoms with van der Waals surface area (Å²) in [4.78, 5) is 16.3. The van der Waals surface area contributed by atoms with Gasteiger partial charge in [-0.15, -0.1) is 0 Å². The minimum absolute atomic E-state index is 0.113. The molecule has 1 spiro atoms. The fourth-order valence-electron chi connectivity index (χ4n) is 11.4. The molecular weight excluding hydrogens is 719 g/mol. The second kappa shape index (κ2) is 13.2. The summed E-state index contributed by atoms with van der Waals surface area (Å²) in [5.74, 6) is 5.64. The molecule has 7 aromatic carbocycles. The summed E-state index contributed by atoms with van der Waals surface area (Å²) in [5, 5.41) is 0. The highest BCUT2D eigenvalue weighted by Gasteiger charge is 2.51. The summed E-state index contributed by atoms with van der Waals surface area (Å²) in [5.41, 5.74) is 13.3. The third-order valence-electron chi connectivity index (χ3n) is 13.9. The first-order valence-electron chi connectivity index (χ1n) is 21.2. The number of nitrogens with zero attached hydrogens (tertiary/aromatic N) is 3. The molecule has 1 aliphatic heterocycles. The van der Waals surface area contributed by atoms with Crippen LogP contribution in [0.2, 0.25) is 0 Å². The van der Waals surface area contributed by atoms with Crippen molar-refractivity contribution in [1.29, 1.82) is 0 Å². The van der Waals surface area contributed by atoms with Crippen LogP contribution in [-0.2, 0) is 10.8 Å². The molecule has 4 nitrogen and oxygen atoms in total. The maximum absolute atomic E-state index is 6.63. The molecular formula is C55H43N3O. The molecule has 3 atom stereocenters. The first-order valence-corrected chi connectivity index (χ1v) is 21.2. The van der Waals surface area contributed by atoms with E-state index in [9.17, 15) is 0 Å². The van der Waals surface area contributed by atoms with Gasteiger partial charge in [0.25, 0.3) is 0 Å². The van der Waals surface area contributed by atoms with Crippen LogP contribution in [0.3, 0.4) is 0 Å². The number of fused-ring (bicyclic) bond motifs is 11. The van der Waals surface area contributed by atoms with Gasteiger partial charge in [0.2, 0.25) is 0 Å². The van der Waals surface area contributed by atoms with Crippen LogP contribution in [-0.4, -0.2) is 15.0 Å². The third kappa shape index (κ3) is 5.32. The minimum Gasteiger partial charge on any atom is -0.457 e. The Labute approximate surface area is 345 Å². The number of hydrogen-bond donors (Lipinski definition) is 0. The fourth-order valence-corrected chi connectivity index (χ4v) is 11.4. The summed E-state index contributed by atoms with van der Waals surface area (Å²) >= 11 is 0. The molecule has 0 radical (unpaired) electrons. The fraction of sp³-hybridized carbons (Fsp3) is 0.182. The topological polar surface area (TPSA) is 47.9 Å². The quantitative estimate of drug-likeness (QED) is 0.175. The molecule has 2 heterocycles. The standard InChI is InChI=1S/C55H43N3O/c1-54(33-35-26-27-36(30-35)34-54)53-57-51(40-17-13-16-38(31-40)37-14-3-2-4-15-37)56-52(58-53)44-20-6-5-18-41(44)39-28-29-43-42-19-7-8-21-45(42)55(48(43)32-39)46-22-9-11-24-49(46)59-50-25-12-10-23-47(50)55/h2-25,28-29,31-32,35-36H,26-27,30,33-34H2,1H3/t35-,36?,54?/m0/s1. The van der Waals surface area contributed by atoms with Crippen molar-refractivity contribution in [3.05, 3.63) is 198 Å². The van der Waals surface area contributed by atoms with Crippen molar-refractivity contribution < 1.29 is 4.74 Å². The zero-order valence-corrected chi connectivity index (χ0v) is 33.1. The zero-order valence-electron chi connectivity index (χ0n) is 33.1. The van der Waals surface area contributed by atoms with Gasteiger partial charge < -0.3 is 4.74 Å². The Balaban J connectivity index is 1.06. The average molecular weight is 762 g/mol. The second-order valence-corrected chi connectivity index (χ2v) is 17.5. The van der Waals surface area contributed by atoms with Gasteiger partial charge in [0.05, 0.1) is 5.41 Å². The molecule has 284 valence electrons. The Hall–Kier alpha value is -6.65. The highest BCUT2D eigenvalue weighted by atomic mass is 16.5. The Morgan fingerprint density at radius 2 is 1.02 bits per heavy atom. The van der Waals surface area contributed by atoms with Gasteiger partial charge in [-0.2, -0.15) is 0 Å². The lowest BCUT2D eigenvalue weighted by Crippen LogP contribution is -2.33. The highest BCUT2D eigenvalue weighted by Crippen LogP contribution is 2.62. The average Bonchev–Trinajstić information content (AvgIpc) is 3.80. The van der Waals surface area contributed by atoms with E-state index in [-0.39, 0.29) is 5.41 Å². The van der Waals surface area contributed by atoms with E-state index in [4.69, 9.17) is 19.7 Å². The monoisotopic (exact) mass is 761 g/mol. The van der Waals surface area contributed by atoms with E-state index in [0.29, 0.717) is 0 Å². The lowest BCUT2D eigenvalue weighted by Gasteiger charge is -2.39. The van der Waals surface area contributed by atoms with Crippen LogP contribution in [0.5, 0.6) is 11.5 Å². The van der Waals surface area contributed by atoms with Crippen molar-refractivity contribution in [2.75, 3.05) is 0 Å². The van der Waals surface area contributed by atoms with Crippen LogP contribution in [0, 0.1) is 11.8 Å². The SMILES string of the molecule is CC1(c2nc(-c3cccc(-c4ccccc4)c3)nc(-c3ccccc3-c3ccc4c(c3)C3(c5ccccc5Oc5ccccc53)c3ccccc3-4)n2)CC2CC[C@@H](C2)C1. The van der Waals surface area contributed by atoms with Crippen molar-refractivity contribution in [2.24, 2.45) is 11.8 Å². The van der Waals surface area contributed by atoms with Gasteiger partial charge in [0, 0.05) is 27.7 Å². The van der Waals surface area contributed by atoms with Crippen molar-refractivity contribution in [3.63, 3.8) is 0 Å². The lowest BCUT2D eigenvalue weighted by molar-refractivity contribution is 0.221. The van der Waals surface area contributed by atoms with Gasteiger partial charge in [-0.3, -0.25) is 0 Å². The van der Waals surface area contributed by atoms with Crippen molar-refractivity contribution in [1.82, 2.24) is 15.0 Å². The molecule has 2 saturated carbocycles. The maximum Gasteiger partial charge on any atom is 0.164 e. The van der Waals surface area contributed by atoms with Gasteiger partial charge in [-0.25, -0.2) is 15.0 Å². The van der Waals surface area contributed by atoms with Crippen LogP contribution in [0.25, 0.3) is 56.2 Å². The van der Waals surface area contributed by atoms with Crippen LogP contribution in [0.15, 0.2) is 170 Å². The van der Waals surface area contributed by atoms with Crippen LogP contribution in [0.4, 0.5) is 0 Å². The molecule has 0 N–H and O–H groups in total. The number of rotatable bonds is 5. The third-order valence-corrected chi connectivity index (χ3v) is 13.9. The van der Waals surface area contributed by atoms with Gasteiger partial charge >= 0.3 is 0 Å². The summed E-state index contributed by atoms with van der Waals surface area (Å²) in [7, 11) is 0. The predicted octanol–water partition coefficient (Wildman–Crippen LogP) is 13.5. The number of hydrogen-bond acceptors (Lipinski definition) is 4. The smallest absolute Gasteiger partial charge is 0.164 e. The van der Waals surface area contributed by atoms with Gasteiger partial charge in [-0.1, -0.05) is 165 Å². The zero-order chi connectivity index (χ0) is 39.1. The maximum atomic E-state index is 6.63. The summed E-state index contributed by atoms with van der Waals surface area (Å²) < 4.78 is 6.63. The van der Waals surface area contributed by atoms with Crippen molar-refractivity contribution >= 4 is 0 Å². The first-order chi connectivity index (χ1) is 29.0. The molecule has 1 aromatic heterocycles. The van der Waals surface area contributed by atoms with Crippen LogP contribution >= 0.6 is 0 Å². The van der Waals surface area contributed by atoms with Gasteiger partial charge in [0.15, 0.2) is 11.6 Å². The molecule has 12 rings (SSSR count). The number of para-hydroxylation sites is 2. The molecule has 4 heteroatoms. The highest BCUT2D eigenvalue weighted by molar-refractivity contribution is 5.92. The van der Waals surface area contributed by atoms with E-state index in [2.05, 4.69) is 177 Å². The minimum atomic E-state index is -0.547. The summed E-state index contributed by atoms with van der Waals surface area (Å²) in [6.07, 6.45) is 6.22. The molecule has 59 heavy (non-hydrogen) atoms. The molecule has 2 fully saturated rings. The van der Waals surface area contributed by atoms with Crippen molar-refractivity contribution in [2.45, 2.75) is 49.9 Å². The molecule has 2 bridgehead atoms. The largest absolute Gasteiger partial charge is 0.457 e. The molecule has 2 unspecified atom stereocenters. The Morgan fingerprint density at radius 1 is 0.441 bits per heavy atom. The Kier molecular flexibility index (Phi) is 7.69. The van der Waals surface area contributed by atoms with E-state index in [1.54, 1.807) is 0 Å². The van der Waals surface area contributed by atoms with E-state index < -0.39 is 5.41 Å². The Bertz CT molecular complexity index is 2890. The normalized spacial score (nSPS) is 20.3. The van der Waals surface area contributed by atoms with Gasteiger partial charge in [-0.05, 0) is 99.9 Å². The molecule has 0 saturated heterocycles.